The number of hydrogen-bond acceptors (Lipinski definition) is 3. The molecule has 0 bridgehead atoms. The van der Waals surface area contributed by atoms with Crippen LogP contribution in [0.25, 0.3) is 16.7 Å². The van der Waals surface area contributed by atoms with Gasteiger partial charge < -0.3 is 5.32 Å². The van der Waals surface area contributed by atoms with E-state index in [-0.39, 0.29) is 30.1 Å². The molecule has 0 saturated carbocycles. The Kier molecular flexibility index (Phi) is 7.21. The normalized spacial score (nSPS) is 11.8. The van der Waals surface area contributed by atoms with E-state index in [4.69, 9.17) is 0 Å². The molecule has 0 aliphatic carbocycles. The first-order valence-corrected chi connectivity index (χ1v) is 11.5. The third kappa shape index (κ3) is 5.71. The molecule has 0 radical (unpaired) electrons. The van der Waals surface area contributed by atoms with Crippen molar-refractivity contribution in [3.63, 3.8) is 0 Å². The summed E-state index contributed by atoms with van der Waals surface area (Å²) in [5, 5.41) is 2.61. The second-order valence-corrected chi connectivity index (χ2v) is 8.33. The van der Waals surface area contributed by atoms with Gasteiger partial charge in [0.25, 0.3) is 0 Å². The minimum Gasteiger partial charge on any atom is -0.326 e. The standard InChI is InChI=1S/C27H27F3N4O/c1-3-33(4-2)17-20-11-12-21(16-23(20)27(28,29)30)32-26(35)15-19-9-13-22(14-10-19)34-18-31-24-7-5-6-8-25(24)34/h5-14,16,18H,3-4,15,17H2,1-2H3,(H,32,35). The maximum absolute atomic E-state index is 13.7. The quantitative estimate of drug-likeness (QED) is 0.333. The van der Waals surface area contributed by atoms with Crippen LogP contribution in [0.5, 0.6) is 0 Å². The van der Waals surface area contributed by atoms with Gasteiger partial charge in [0.2, 0.25) is 5.91 Å². The number of alkyl halides is 3. The Morgan fingerprint density at radius 2 is 1.71 bits per heavy atom. The maximum atomic E-state index is 13.7. The van der Waals surface area contributed by atoms with Crippen LogP contribution in [0.1, 0.15) is 30.5 Å². The maximum Gasteiger partial charge on any atom is 0.416 e. The summed E-state index contributed by atoms with van der Waals surface area (Å²) in [6.45, 7) is 5.34. The van der Waals surface area contributed by atoms with Crippen molar-refractivity contribution in [3.8, 4) is 5.69 Å². The monoisotopic (exact) mass is 480 g/mol. The van der Waals surface area contributed by atoms with Gasteiger partial charge in [0.1, 0.15) is 6.33 Å². The third-order valence-corrected chi connectivity index (χ3v) is 6.02. The summed E-state index contributed by atoms with van der Waals surface area (Å²) >= 11 is 0. The summed E-state index contributed by atoms with van der Waals surface area (Å²) < 4.78 is 43.0. The molecule has 1 aromatic heterocycles. The zero-order valence-corrected chi connectivity index (χ0v) is 19.6. The summed E-state index contributed by atoms with van der Waals surface area (Å²) in [6.07, 6.45) is -2.71. The number of para-hydroxylation sites is 2. The summed E-state index contributed by atoms with van der Waals surface area (Å²) in [4.78, 5) is 18.9. The van der Waals surface area contributed by atoms with Crippen LogP contribution < -0.4 is 5.32 Å². The van der Waals surface area contributed by atoms with Gasteiger partial charge in [-0.3, -0.25) is 14.3 Å². The van der Waals surface area contributed by atoms with Gasteiger partial charge in [-0.05, 0) is 60.6 Å². The smallest absolute Gasteiger partial charge is 0.326 e. The van der Waals surface area contributed by atoms with Crippen LogP contribution in [0.3, 0.4) is 0 Å². The van der Waals surface area contributed by atoms with Crippen molar-refractivity contribution in [2.45, 2.75) is 33.0 Å². The minimum atomic E-state index is -4.50. The van der Waals surface area contributed by atoms with Crippen molar-refractivity contribution < 1.29 is 18.0 Å². The molecule has 3 aromatic carbocycles. The van der Waals surface area contributed by atoms with E-state index in [0.717, 1.165) is 28.4 Å². The highest BCUT2D eigenvalue weighted by Crippen LogP contribution is 2.34. The summed E-state index contributed by atoms with van der Waals surface area (Å²) in [7, 11) is 0. The van der Waals surface area contributed by atoms with Crippen molar-refractivity contribution in [2.75, 3.05) is 18.4 Å². The fraction of sp³-hybridized carbons (Fsp3) is 0.259. The summed E-state index contributed by atoms with van der Waals surface area (Å²) in [5.74, 6) is -0.379. The Morgan fingerprint density at radius 1 is 1.00 bits per heavy atom. The number of carbonyl (C=O) groups excluding carboxylic acids is 1. The third-order valence-electron chi connectivity index (χ3n) is 6.02. The lowest BCUT2D eigenvalue weighted by Gasteiger charge is -2.21. The Bertz CT molecular complexity index is 1310. The molecule has 4 aromatic rings. The van der Waals surface area contributed by atoms with Gasteiger partial charge in [-0.25, -0.2) is 4.98 Å². The molecule has 0 saturated heterocycles. The Hall–Kier alpha value is -3.65. The molecule has 5 nitrogen and oxygen atoms in total. The zero-order chi connectivity index (χ0) is 25.0. The number of hydrogen-bond donors (Lipinski definition) is 1. The second-order valence-electron chi connectivity index (χ2n) is 8.33. The lowest BCUT2D eigenvalue weighted by molar-refractivity contribution is -0.138. The second kappa shape index (κ2) is 10.3. The fourth-order valence-electron chi connectivity index (χ4n) is 4.07. The molecule has 0 aliphatic rings. The molecule has 35 heavy (non-hydrogen) atoms. The highest BCUT2D eigenvalue weighted by molar-refractivity contribution is 5.92. The van der Waals surface area contributed by atoms with Gasteiger partial charge in [0.05, 0.1) is 23.0 Å². The molecule has 1 N–H and O–H groups in total. The van der Waals surface area contributed by atoms with Crippen LogP contribution >= 0.6 is 0 Å². The van der Waals surface area contributed by atoms with Gasteiger partial charge in [-0.15, -0.1) is 0 Å². The largest absolute Gasteiger partial charge is 0.416 e. The van der Waals surface area contributed by atoms with Gasteiger partial charge in [0.15, 0.2) is 0 Å². The number of halogens is 3. The number of aromatic nitrogens is 2. The van der Waals surface area contributed by atoms with Crippen LogP contribution in [0.15, 0.2) is 73.1 Å². The molecule has 0 unspecified atom stereocenters. The van der Waals surface area contributed by atoms with Gasteiger partial charge in [0, 0.05) is 17.9 Å². The van der Waals surface area contributed by atoms with Crippen LogP contribution in [0.4, 0.5) is 18.9 Å². The molecule has 8 heteroatoms. The number of carbonyl (C=O) groups is 1. The lowest BCUT2D eigenvalue weighted by Crippen LogP contribution is -2.24. The molecule has 0 atom stereocenters. The average Bonchev–Trinajstić information content (AvgIpc) is 3.27. The van der Waals surface area contributed by atoms with E-state index < -0.39 is 11.7 Å². The molecule has 0 spiro atoms. The molecular weight excluding hydrogens is 453 g/mol. The van der Waals surface area contributed by atoms with Crippen molar-refractivity contribution in [1.29, 1.82) is 0 Å². The zero-order valence-electron chi connectivity index (χ0n) is 19.6. The van der Waals surface area contributed by atoms with E-state index in [9.17, 15) is 18.0 Å². The number of nitrogens with one attached hydrogen (secondary N) is 1. The van der Waals surface area contributed by atoms with Gasteiger partial charge in [-0.1, -0.05) is 44.2 Å². The molecular formula is C27H27F3N4O. The number of anilines is 1. The van der Waals surface area contributed by atoms with E-state index in [0.29, 0.717) is 13.1 Å². The summed E-state index contributed by atoms with van der Waals surface area (Å²) in [6, 6.07) is 19.2. The average molecular weight is 481 g/mol. The van der Waals surface area contributed by atoms with E-state index in [1.54, 1.807) is 6.33 Å². The van der Waals surface area contributed by atoms with E-state index >= 15 is 0 Å². The fourth-order valence-corrected chi connectivity index (χ4v) is 4.07. The number of imidazole rings is 1. The first-order chi connectivity index (χ1) is 16.8. The van der Waals surface area contributed by atoms with Gasteiger partial charge >= 0.3 is 6.18 Å². The van der Waals surface area contributed by atoms with Crippen LogP contribution in [0.2, 0.25) is 0 Å². The number of fused-ring (bicyclic) bond motifs is 1. The predicted molar refractivity (Wildman–Crippen MR) is 131 cm³/mol. The van der Waals surface area contributed by atoms with Gasteiger partial charge in [-0.2, -0.15) is 13.2 Å². The number of rotatable bonds is 8. The highest BCUT2D eigenvalue weighted by atomic mass is 19.4. The van der Waals surface area contributed by atoms with Crippen molar-refractivity contribution in [3.05, 3.63) is 89.7 Å². The van der Waals surface area contributed by atoms with Crippen LogP contribution in [0, 0.1) is 0 Å². The summed E-state index contributed by atoms with van der Waals surface area (Å²) in [5.41, 5.74) is 3.12. The van der Waals surface area contributed by atoms with Crippen molar-refractivity contribution in [1.82, 2.24) is 14.5 Å². The molecule has 1 amide bonds. The SMILES string of the molecule is CCN(CC)Cc1ccc(NC(=O)Cc2ccc(-n3cnc4ccccc43)cc2)cc1C(F)(F)F. The highest BCUT2D eigenvalue weighted by Gasteiger charge is 2.34. The topological polar surface area (TPSA) is 50.2 Å². The van der Waals surface area contributed by atoms with Crippen molar-refractivity contribution in [2.24, 2.45) is 0 Å². The van der Waals surface area contributed by atoms with E-state index in [2.05, 4.69) is 10.3 Å². The van der Waals surface area contributed by atoms with Crippen molar-refractivity contribution >= 4 is 22.6 Å². The Labute approximate surface area is 202 Å². The minimum absolute atomic E-state index is 0.0491. The molecule has 4 rings (SSSR count). The predicted octanol–water partition coefficient (Wildman–Crippen LogP) is 6.07. The van der Waals surface area contributed by atoms with E-state index in [1.165, 1.54) is 12.1 Å². The lowest BCUT2D eigenvalue weighted by atomic mass is 10.0. The van der Waals surface area contributed by atoms with E-state index in [1.807, 2.05) is 71.8 Å². The molecule has 0 aliphatic heterocycles. The first kappa shape index (κ1) is 24.5. The van der Waals surface area contributed by atoms with Crippen LogP contribution in [-0.2, 0) is 23.9 Å². The first-order valence-electron chi connectivity index (χ1n) is 11.5. The molecule has 0 fully saturated rings. The number of benzene rings is 3. The molecule has 182 valence electrons. The Morgan fingerprint density at radius 3 is 2.40 bits per heavy atom. The van der Waals surface area contributed by atoms with Crippen LogP contribution in [-0.4, -0.2) is 33.4 Å². The number of nitrogens with zero attached hydrogens (tertiary/aromatic N) is 3. The Balaban J connectivity index is 1.46. The molecule has 1 heterocycles. The number of amides is 1.